The van der Waals surface area contributed by atoms with Crippen molar-refractivity contribution in [3.63, 3.8) is 0 Å². The molecule has 0 spiro atoms. The van der Waals surface area contributed by atoms with Crippen molar-refractivity contribution in [3.05, 3.63) is 125 Å². The van der Waals surface area contributed by atoms with E-state index in [2.05, 4.69) is 0 Å². The summed E-state index contributed by atoms with van der Waals surface area (Å²) in [6.45, 7) is 6.23. The van der Waals surface area contributed by atoms with Gasteiger partial charge in [0.05, 0.1) is 18.2 Å². The summed E-state index contributed by atoms with van der Waals surface area (Å²) >= 11 is 0. The quantitative estimate of drug-likeness (QED) is 0.160. The molecule has 1 unspecified atom stereocenters. The second-order valence-corrected chi connectivity index (χ2v) is 9.41. The largest absolute Gasteiger partial charge is 0.507 e. The predicted octanol–water partition coefficient (Wildman–Crippen LogP) is 7.12. The Labute approximate surface area is 227 Å². The molecular formula is C33H29NO5. The first kappa shape index (κ1) is 25.8. The molecule has 0 saturated carbocycles. The maximum atomic E-state index is 13.5. The molecule has 6 heteroatoms. The van der Waals surface area contributed by atoms with Crippen LogP contribution in [0.3, 0.4) is 0 Å². The molecule has 1 amide bonds. The highest BCUT2D eigenvalue weighted by atomic mass is 16.5. The number of amides is 1. The fourth-order valence-electron chi connectivity index (χ4n) is 4.82. The summed E-state index contributed by atoms with van der Waals surface area (Å²) in [6.07, 6.45) is 0. The zero-order valence-electron chi connectivity index (χ0n) is 22.0. The molecule has 1 N–H and O–H groups in total. The highest BCUT2D eigenvalue weighted by molar-refractivity contribution is 6.51. The van der Waals surface area contributed by atoms with Gasteiger partial charge in [0.2, 0.25) is 0 Å². The number of aliphatic hydroxyl groups excluding tert-OH is 1. The van der Waals surface area contributed by atoms with Crippen molar-refractivity contribution in [3.8, 4) is 17.2 Å². The minimum atomic E-state index is -0.808. The number of rotatable bonds is 7. The maximum absolute atomic E-state index is 13.5. The number of hydrogen-bond acceptors (Lipinski definition) is 5. The van der Waals surface area contributed by atoms with Gasteiger partial charge < -0.3 is 14.6 Å². The molecule has 0 aliphatic carbocycles. The van der Waals surface area contributed by atoms with Crippen LogP contribution < -0.4 is 14.4 Å². The third-order valence-electron chi connectivity index (χ3n) is 6.64. The van der Waals surface area contributed by atoms with Gasteiger partial charge in [-0.3, -0.25) is 14.5 Å². The zero-order chi connectivity index (χ0) is 27.5. The number of carbonyl (C=O) groups is 2. The number of para-hydroxylation sites is 1. The number of ketones is 1. The Bertz CT molecular complexity index is 1560. The number of carbonyl (C=O) groups excluding carboxylic acids is 2. The number of aliphatic hydroxyl groups is 1. The highest BCUT2D eigenvalue weighted by Gasteiger charge is 2.47. The summed E-state index contributed by atoms with van der Waals surface area (Å²) in [5, 5.41) is 11.4. The first-order valence-electron chi connectivity index (χ1n) is 12.8. The first-order valence-corrected chi connectivity index (χ1v) is 12.8. The number of hydrogen-bond donors (Lipinski definition) is 1. The monoisotopic (exact) mass is 519 g/mol. The normalized spacial score (nSPS) is 16.4. The van der Waals surface area contributed by atoms with E-state index in [1.165, 1.54) is 4.90 Å². The molecule has 0 radical (unpaired) electrons. The number of nitrogens with zero attached hydrogens (tertiary/aromatic N) is 1. The van der Waals surface area contributed by atoms with Crippen molar-refractivity contribution >= 4 is 23.1 Å². The third kappa shape index (κ3) is 5.14. The molecule has 4 aromatic rings. The molecule has 0 bridgehead atoms. The molecule has 1 saturated heterocycles. The molecule has 196 valence electrons. The summed E-state index contributed by atoms with van der Waals surface area (Å²) in [6, 6.07) is 28.4. The van der Waals surface area contributed by atoms with Crippen molar-refractivity contribution in [2.24, 2.45) is 0 Å². The van der Waals surface area contributed by atoms with Crippen LogP contribution in [0.25, 0.3) is 5.76 Å². The van der Waals surface area contributed by atoms with Crippen molar-refractivity contribution in [2.75, 3.05) is 11.5 Å². The lowest BCUT2D eigenvalue weighted by Gasteiger charge is -2.26. The van der Waals surface area contributed by atoms with Crippen LogP contribution in [0, 0.1) is 13.8 Å². The van der Waals surface area contributed by atoms with Crippen LogP contribution >= 0.6 is 0 Å². The lowest BCUT2D eigenvalue weighted by atomic mass is 9.94. The number of benzene rings is 4. The van der Waals surface area contributed by atoms with Crippen molar-refractivity contribution in [1.29, 1.82) is 0 Å². The van der Waals surface area contributed by atoms with E-state index in [0.29, 0.717) is 35.1 Å². The molecule has 1 atom stereocenters. The predicted molar refractivity (Wildman–Crippen MR) is 151 cm³/mol. The summed E-state index contributed by atoms with van der Waals surface area (Å²) in [5.41, 5.74) is 3.52. The van der Waals surface area contributed by atoms with Gasteiger partial charge in [0.25, 0.3) is 11.7 Å². The van der Waals surface area contributed by atoms with Gasteiger partial charge >= 0.3 is 0 Å². The summed E-state index contributed by atoms with van der Waals surface area (Å²) in [7, 11) is 0. The first-order chi connectivity index (χ1) is 18.9. The molecule has 1 aliphatic heterocycles. The molecule has 1 aliphatic rings. The Hall–Kier alpha value is -4.84. The van der Waals surface area contributed by atoms with Crippen LogP contribution in [0.1, 0.15) is 35.2 Å². The van der Waals surface area contributed by atoms with Crippen molar-refractivity contribution < 1.29 is 24.2 Å². The Balaban J connectivity index is 1.59. The van der Waals surface area contributed by atoms with Gasteiger partial charge in [-0.2, -0.15) is 0 Å². The topological polar surface area (TPSA) is 76.1 Å². The lowest BCUT2D eigenvalue weighted by Crippen LogP contribution is -2.29. The number of Topliss-reactive ketones (excluding diaryl/α,β-unsaturated/α-hetero) is 1. The van der Waals surface area contributed by atoms with E-state index in [1.807, 2.05) is 75.4 Å². The van der Waals surface area contributed by atoms with E-state index < -0.39 is 17.7 Å². The van der Waals surface area contributed by atoms with Gasteiger partial charge in [0.1, 0.15) is 23.0 Å². The number of aryl methyl sites for hydroxylation is 2. The van der Waals surface area contributed by atoms with Gasteiger partial charge in [-0.05, 0) is 86.5 Å². The zero-order valence-corrected chi connectivity index (χ0v) is 22.0. The Kier molecular flexibility index (Phi) is 7.19. The SMILES string of the molecule is CCOc1ccc(/C(O)=C2/C(=O)C(=O)N(c3ccc(Oc4ccccc4)cc3)C2c2cccc(C)c2)cc1C. The maximum Gasteiger partial charge on any atom is 0.300 e. The average Bonchev–Trinajstić information content (AvgIpc) is 3.20. The standard InChI is InChI=1S/C33H29NO5/c1-4-38-28-18-13-24(20-22(28)3)31(35)29-30(23-10-8-9-21(2)19-23)34(33(37)32(29)36)25-14-16-27(17-15-25)39-26-11-6-5-7-12-26/h5-20,30,35H,4H2,1-3H3/b31-29-. The van der Waals surface area contributed by atoms with Crippen LogP contribution in [-0.2, 0) is 9.59 Å². The van der Waals surface area contributed by atoms with Crippen LogP contribution in [0.2, 0.25) is 0 Å². The minimum Gasteiger partial charge on any atom is -0.507 e. The van der Waals surface area contributed by atoms with Crippen LogP contribution in [0.5, 0.6) is 17.2 Å². The third-order valence-corrected chi connectivity index (χ3v) is 6.64. The van der Waals surface area contributed by atoms with Crippen molar-refractivity contribution in [2.45, 2.75) is 26.8 Å². The summed E-state index contributed by atoms with van der Waals surface area (Å²) in [5.74, 6) is 0.312. The van der Waals surface area contributed by atoms with Crippen LogP contribution in [0.15, 0.2) is 103 Å². The van der Waals surface area contributed by atoms with E-state index >= 15 is 0 Å². The van der Waals surface area contributed by atoms with E-state index in [0.717, 1.165) is 16.7 Å². The van der Waals surface area contributed by atoms with E-state index in [9.17, 15) is 14.7 Å². The molecular weight excluding hydrogens is 490 g/mol. The molecule has 1 fully saturated rings. The van der Waals surface area contributed by atoms with Gasteiger partial charge in [-0.25, -0.2) is 0 Å². The fraction of sp³-hybridized carbons (Fsp3) is 0.152. The Morgan fingerprint density at radius 3 is 2.23 bits per heavy atom. The Morgan fingerprint density at radius 2 is 1.56 bits per heavy atom. The summed E-state index contributed by atoms with van der Waals surface area (Å²) in [4.78, 5) is 28.4. The molecule has 39 heavy (non-hydrogen) atoms. The van der Waals surface area contributed by atoms with E-state index in [1.54, 1.807) is 42.5 Å². The number of ether oxygens (including phenoxy) is 2. The van der Waals surface area contributed by atoms with Gasteiger partial charge in [0, 0.05) is 11.3 Å². The molecule has 4 aromatic carbocycles. The fourth-order valence-corrected chi connectivity index (χ4v) is 4.82. The second-order valence-electron chi connectivity index (χ2n) is 9.41. The van der Waals surface area contributed by atoms with Gasteiger partial charge in [-0.1, -0.05) is 48.0 Å². The van der Waals surface area contributed by atoms with E-state index in [-0.39, 0.29) is 11.3 Å². The van der Waals surface area contributed by atoms with Crippen LogP contribution in [0.4, 0.5) is 5.69 Å². The molecule has 6 nitrogen and oxygen atoms in total. The van der Waals surface area contributed by atoms with Crippen molar-refractivity contribution in [1.82, 2.24) is 0 Å². The summed E-state index contributed by atoms with van der Waals surface area (Å²) < 4.78 is 11.5. The molecule has 1 heterocycles. The van der Waals surface area contributed by atoms with E-state index in [4.69, 9.17) is 9.47 Å². The number of anilines is 1. The minimum absolute atomic E-state index is 0.0405. The van der Waals surface area contributed by atoms with Gasteiger partial charge in [0.15, 0.2) is 0 Å². The smallest absolute Gasteiger partial charge is 0.300 e. The Morgan fingerprint density at radius 1 is 0.846 bits per heavy atom. The molecule has 5 rings (SSSR count). The van der Waals surface area contributed by atoms with Gasteiger partial charge in [-0.15, -0.1) is 0 Å². The second kappa shape index (κ2) is 10.9. The molecule has 0 aromatic heterocycles. The highest BCUT2D eigenvalue weighted by Crippen LogP contribution is 2.43. The van der Waals surface area contributed by atoms with Crippen LogP contribution in [-0.4, -0.2) is 23.4 Å². The average molecular weight is 520 g/mol. The lowest BCUT2D eigenvalue weighted by molar-refractivity contribution is -0.132.